The quantitative estimate of drug-likeness (QED) is 0.162. The number of hydrogen-bond donors (Lipinski definition) is 1. The number of carbonyl (C=O) groups is 1. The summed E-state index contributed by atoms with van der Waals surface area (Å²) in [6.07, 6.45) is 0.967. The molecule has 6 rings (SSSR count). The zero-order valence-corrected chi connectivity index (χ0v) is 26.2. The largest absolute Gasteiger partial charge is 0.466 e. The van der Waals surface area contributed by atoms with Crippen LogP contribution < -0.4 is 5.32 Å². The molecule has 0 aromatic heterocycles. The summed E-state index contributed by atoms with van der Waals surface area (Å²) in [6.45, 7) is 5.18. The van der Waals surface area contributed by atoms with Crippen LogP contribution in [0.2, 0.25) is 0 Å². The van der Waals surface area contributed by atoms with Gasteiger partial charge in [-0.25, -0.2) is 0 Å². The summed E-state index contributed by atoms with van der Waals surface area (Å²) in [5.74, 6) is 0.337. The maximum Gasteiger partial charge on any atom is 0.302 e. The SMILES string of the molecule is CC(=O)OCC1CCNC[C@H]2[C@@H](c3ccc(Br)cc3)[C@@H](COC(c3ccccc3)(c3ccccc3)c3ccccc3)N2C1. The second kappa shape index (κ2) is 13.6. The Labute approximate surface area is 263 Å². The molecule has 2 heterocycles. The third-order valence-corrected chi connectivity index (χ3v) is 9.55. The fourth-order valence-corrected chi connectivity index (χ4v) is 7.22. The minimum absolute atomic E-state index is 0.154. The van der Waals surface area contributed by atoms with Gasteiger partial charge in [0.2, 0.25) is 0 Å². The van der Waals surface area contributed by atoms with E-state index < -0.39 is 5.60 Å². The molecule has 6 heteroatoms. The van der Waals surface area contributed by atoms with Crippen molar-refractivity contribution in [3.05, 3.63) is 142 Å². The molecule has 0 amide bonds. The summed E-state index contributed by atoms with van der Waals surface area (Å²) >= 11 is 3.62. The van der Waals surface area contributed by atoms with Crippen LogP contribution in [0.1, 0.15) is 41.5 Å². The van der Waals surface area contributed by atoms with Crippen LogP contribution in [-0.4, -0.2) is 55.8 Å². The summed E-state index contributed by atoms with van der Waals surface area (Å²) < 4.78 is 13.9. The fourth-order valence-electron chi connectivity index (χ4n) is 6.95. The van der Waals surface area contributed by atoms with Crippen molar-refractivity contribution in [3.63, 3.8) is 0 Å². The Hall–Kier alpha value is -3.29. The van der Waals surface area contributed by atoms with Crippen molar-refractivity contribution in [2.45, 2.75) is 36.9 Å². The molecule has 1 unspecified atom stereocenters. The molecule has 222 valence electrons. The standard InChI is InChI=1S/C37H39BrN2O3/c1-27(41)42-25-28-21-22-39-23-34-36(29-17-19-33(38)20-18-29)35(40(34)24-28)26-43-37(30-11-5-2-6-12-30,31-13-7-3-8-14-31)32-15-9-4-10-16-32/h2-20,28,34-36,39H,21-26H2,1H3/t28?,34-,35+,36+/m0/s1. The lowest BCUT2D eigenvalue weighted by Crippen LogP contribution is -2.69. The van der Waals surface area contributed by atoms with Crippen LogP contribution in [0, 0.1) is 5.92 Å². The number of rotatable bonds is 9. The number of fused-ring (bicyclic) bond motifs is 1. The average molecular weight is 640 g/mol. The molecule has 5 nitrogen and oxygen atoms in total. The Morgan fingerprint density at radius 1 is 0.837 bits per heavy atom. The predicted molar refractivity (Wildman–Crippen MR) is 174 cm³/mol. The maximum absolute atomic E-state index is 11.7. The normalized spacial score (nSPS) is 22.5. The van der Waals surface area contributed by atoms with Gasteiger partial charge in [-0.2, -0.15) is 0 Å². The molecule has 0 radical (unpaired) electrons. The van der Waals surface area contributed by atoms with E-state index >= 15 is 0 Å². The Balaban J connectivity index is 1.39. The van der Waals surface area contributed by atoms with E-state index in [1.54, 1.807) is 0 Å². The van der Waals surface area contributed by atoms with Crippen LogP contribution in [0.3, 0.4) is 0 Å². The molecule has 0 aliphatic carbocycles. The molecule has 2 saturated heterocycles. The van der Waals surface area contributed by atoms with Crippen LogP contribution in [0.25, 0.3) is 0 Å². The van der Waals surface area contributed by atoms with E-state index in [1.807, 2.05) is 0 Å². The molecule has 0 spiro atoms. The second-order valence-corrected chi connectivity index (χ2v) is 12.6. The van der Waals surface area contributed by atoms with E-state index in [2.05, 4.69) is 141 Å². The molecular weight excluding hydrogens is 600 g/mol. The highest BCUT2D eigenvalue weighted by Crippen LogP contribution is 2.46. The summed E-state index contributed by atoms with van der Waals surface area (Å²) in [5, 5.41) is 3.69. The first-order valence-electron chi connectivity index (χ1n) is 15.2. The Bertz CT molecular complexity index is 1370. The highest BCUT2D eigenvalue weighted by atomic mass is 79.9. The number of halogens is 1. The first kappa shape index (κ1) is 29.8. The van der Waals surface area contributed by atoms with Gasteiger partial charge in [0.15, 0.2) is 0 Å². The van der Waals surface area contributed by atoms with Crippen LogP contribution in [0.4, 0.5) is 0 Å². The molecular formula is C37H39BrN2O3. The predicted octanol–water partition coefficient (Wildman–Crippen LogP) is 6.77. The minimum Gasteiger partial charge on any atom is -0.466 e. The molecule has 43 heavy (non-hydrogen) atoms. The van der Waals surface area contributed by atoms with Gasteiger partial charge in [0.05, 0.1) is 13.2 Å². The Morgan fingerprint density at radius 2 is 1.40 bits per heavy atom. The molecule has 2 fully saturated rings. The number of esters is 1. The molecule has 4 atom stereocenters. The smallest absolute Gasteiger partial charge is 0.302 e. The van der Waals surface area contributed by atoms with Crippen molar-refractivity contribution in [3.8, 4) is 0 Å². The van der Waals surface area contributed by atoms with Gasteiger partial charge in [-0.15, -0.1) is 0 Å². The lowest BCUT2D eigenvalue weighted by Gasteiger charge is -2.58. The maximum atomic E-state index is 11.7. The zero-order valence-electron chi connectivity index (χ0n) is 24.6. The molecule has 4 aromatic rings. The van der Waals surface area contributed by atoms with Crippen molar-refractivity contribution >= 4 is 21.9 Å². The van der Waals surface area contributed by atoms with Crippen LogP contribution in [0.15, 0.2) is 120 Å². The van der Waals surface area contributed by atoms with E-state index in [0.717, 1.165) is 47.2 Å². The summed E-state index contributed by atoms with van der Waals surface area (Å²) in [4.78, 5) is 14.3. The van der Waals surface area contributed by atoms with Gasteiger partial charge in [0.25, 0.3) is 0 Å². The van der Waals surface area contributed by atoms with Crippen LogP contribution in [0.5, 0.6) is 0 Å². The molecule has 0 bridgehead atoms. The van der Waals surface area contributed by atoms with Crippen LogP contribution in [-0.2, 0) is 19.9 Å². The third kappa shape index (κ3) is 6.34. The lowest BCUT2D eigenvalue weighted by atomic mass is 9.73. The average Bonchev–Trinajstić information content (AvgIpc) is 3.03. The van der Waals surface area contributed by atoms with Gasteiger partial charge >= 0.3 is 5.97 Å². The molecule has 2 aliphatic heterocycles. The third-order valence-electron chi connectivity index (χ3n) is 9.02. The van der Waals surface area contributed by atoms with Crippen molar-refractivity contribution in [1.82, 2.24) is 10.2 Å². The fraction of sp³-hybridized carbons (Fsp3) is 0.324. The van der Waals surface area contributed by atoms with Crippen LogP contribution >= 0.6 is 15.9 Å². The second-order valence-electron chi connectivity index (χ2n) is 11.7. The van der Waals surface area contributed by atoms with E-state index in [4.69, 9.17) is 9.47 Å². The van der Waals surface area contributed by atoms with E-state index in [1.165, 1.54) is 12.5 Å². The van der Waals surface area contributed by atoms with E-state index in [-0.39, 0.29) is 17.9 Å². The number of ether oxygens (including phenoxy) is 2. The first-order valence-corrected chi connectivity index (χ1v) is 16.0. The van der Waals surface area contributed by atoms with Gasteiger partial charge in [-0.3, -0.25) is 9.69 Å². The van der Waals surface area contributed by atoms with Gasteiger partial charge in [0.1, 0.15) is 5.60 Å². The Kier molecular flexibility index (Phi) is 9.39. The minimum atomic E-state index is -0.780. The molecule has 0 saturated carbocycles. The zero-order chi connectivity index (χ0) is 29.6. The summed E-state index contributed by atoms with van der Waals surface area (Å²) in [5.41, 5.74) is 3.85. The number of carbonyl (C=O) groups excluding carboxylic acids is 1. The summed E-state index contributed by atoms with van der Waals surface area (Å²) in [7, 11) is 0. The number of nitrogens with one attached hydrogen (secondary N) is 1. The van der Waals surface area contributed by atoms with Crippen molar-refractivity contribution in [2.24, 2.45) is 5.92 Å². The highest BCUT2D eigenvalue weighted by Gasteiger charge is 2.51. The molecule has 4 aromatic carbocycles. The van der Waals surface area contributed by atoms with Gasteiger partial charge < -0.3 is 14.8 Å². The molecule has 1 N–H and O–H groups in total. The van der Waals surface area contributed by atoms with Crippen molar-refractivity contribution in [2.75, 3.05) is 32.8 Å². The lowest BCUT2D eigenvalue weighted by molar-refractivity contribution is -0.144. The van der Waals surface area contributed by atoms with Gasteiger partial charge in [-0.1, -0.05) is 119 Å². The number of hydrogen-bond acceptors (Lipinski definition) is 5. The van der Waals surface area contributed by atoms with Crippen molar-refractivity contribution in [1.29, 1.82) is 0 Å². The van der Waals surface area contributed by atoms with E-state index in [9.17, 15) is 4.79 Å². The van der Waals surface area contributed by atoms with Gasteiger partial charge in [-0.05, 0) is 47.4 Å². The van der Waals surface area contributed by atoms with Crippen molar-refractivity contribution < 1.29 is 14.3 Å². The number of benzene rings is 4. The first-order chi connectivity index (χ1) is 21.1. The monoisotopic (exact) mass is 638 g/mol. The van der Waals surface area contributed by atoms with Gasteiger partial charge in [0, 0.05) is 48.4 Å². The molecule has 2 aliphatic rings. The Morgan fingerprint density at radius 3 is 1.93 bits per heavy atom. The summed E-state index contributed by atoms with van der Waals surface area (Å²) in [6, 6.07) is 41.0. The van der Waals surface area contributed by atoms with E-state index in [0.29, 0.717) is 25.2 Å². The highest BCUT2D eigenvalue weighted by molar-refractivity contribution is 9.10. The number of nitrogens with zero attached hydrogens (tertiary/aromatic N) is 1. The topological polar surface area (TPSA) is 50.8 Å².